The van der Waals surface area contributed by atoms with Crippen molar-refractivity contribution < 1.29 is 22.7 Å². The lowest BCUT2D eigenvalue weighted by molar-refractivity contribution is -0.153. The summed E-state index contributed by atoms with van der Waals surface area (Å²) >= 11 is 5.60. The third kappa shape index (κ3) is 3.83. The third-order valence-corrected chi connectivity index (χ3v) is 2.55. The van der Waals surface area contributed by atoms with E-state index in [1.165, 1.54) is 0 Å². The van der Waals surface area contributed by atoms with Crippen molar-refractivity contribution in [1.82, 2.24) is 0 Å². The van der Waals surface area contributed by atoms with E-state index >= 15 is 0 Å². The van der Waals surface area contributed by atoms with Crippen LogP contribution >= 0.6 is 11.6 Å². The lowest BCUT2D eigenvalue weighted by atomic mass is 10.0. The second kappa shape index (κ2) is 5.20. The van der Waals surface area contributed by atoms with Gasteiger partial charge in [0.1, 0.15) is 11.9 Å². The Labute approximate surface area is 100.0 Å². The molecular formula is C10H10ClF4NO. The summed E-state index contributed by atoms with van der Waals surface area (Å²) in [6.07, 6.45) is -6.80. The molecule has 1 aromatic carbocycles. The summed E-state index contributed by atoms with van der Waals surface area (Å²) in [5.41, 5.74) is 4.89. The van der Waals surface area contributed by atoms with Crippen LogP contribution < -0.4 is 5.73 Å². The molecule has 0 heterocycles. The molecule has 3 N–H and O–H groups in total. The first-order chi connectivity index (χ1) is 7.71. The molecule has 0 aliphatic carbocycles. The Morgan fingerprint density at radius 2 is 1.94 bits per heavy atom. The zero-order chi connectivity index (χ0) is 13.2. The van der Waals surface area contributed by atoms with E-state index in [2.05, 4.69) is 0 Å². The van der Waals surface area contributed by atoms with E-state index in [-0.39, 0.29) is 10.6 Å². The van der Waals surface area contributed by atoms with E-state index < -0.39 is 30.6 Å². The predicted octanol–water partition coefficient (Wildman–Crippen LogP) is 2.79. The van der Waals surface area contributed by atoms with Crippen LogP contribution in [0.25, 0.3) is 0 Å². The summed E-state index contributed by atoms with van der Waals surface area (Å²) in [6, 6.07) is 0.896. The van der Waals surface area contributed by atoms with Gasteiger partial charge in [-0.15, -0.1) is 0 Å². The lowest BCUT2D eigenvalue weighted by Gasteiger charge is -2.19. The summed E-state index contributed by atoms with van der Waals surface area (Å²) in [4.78, 5) is 0. The molecule has 0 saturated carbocycles. The number of aliphatic hydroxyl groups excluding tert-OH is 1. The highest BCUT2D eigenvalue weighted by molar-refractivity contribution is 6.31. The van der Waals surface area contributed by atoms with E-state index in [1.54, 1.807) is 0 Å². The monoisotopic (exact) mass is 271 g/mol. The van der Waals surface area contributed by atoms with Crippen LogP contribution in [0.4, 0.5) is 17.6 Å². The summed E-state index contributed by atoms with van der Waals surface area (Å²) < 4.78 is 49.2. The number of benzene rings is 1. The minimum atomic E-state index is -4.59. The van der Waals surface area contributed by atoms with Gasteiger partial charge in [0.2, 0.25) is 0 Å². The largest absolute Gasteiger partial charge is 0.403 e. The Hall–Kier alpha value is -0.850. The fraction of sp³-hybridized carbons (Fsp3) is 0.400. The van der Waals surface area contributed by atoms with Gasteiger partial charge in [-0.2, -0.15) is 13.2 Å². The number of aliphatic hydroxyl groups is 1. The number of nitrogens with two attached hydrogens (primary N) is 1. The molecule has 0 fully saturated rings. The molecule has 96 valence electrons. The molecule has 0 aliphatic heterocycles. The van der Waals surface area contributed by atoms with Crippen LogP contribution in [0.3, 0.4) is 0 Å². The predicted molar refractivity (Wildman–Crippen MR) is 55.0 cm³/mol. The molecule has 7 heteroatoms. The highest BCUT2D eigenvalue weighted by Gasteiger charge is 2.38. The van der Waals surface area contributed by atoms with Gasteiger partial charge in [0.15, 0.2) is 0 Å². The molecule has 0 spiro atoms. The first kappa shape index (κ1) is 14.2. The van der Waals surface area contributed by atoms with E-state index in [9.17, 15) is 22.7 Å². The van der Waals surface area contributed by atoms with E-state index in [1.807, 2.05) is 0 Å². The highest BCUT2D eigenvalue weighted by Crippen LogP contribution is 2.30. The van der Waals surface area contributed by atoms with Gasteiger partial charge < -0.3 is 10.8 Å². The molecule has 2 nitrogen and oxygen atoms in total. The second-order valence-electron chi connectivity index (χ2n) is 3.57. The van der Waals surface area contributed by atoms with E-state index in [0.29, 0.717) is 0 Å². The van der Waals surface area contributed by atoms with Gasteiger partial charge in [-0.25, -0.2) is 4.39 Å². The van der Waals surface area contributed by atoms with Crippen molar-refractivity contribution in [1.29, 1.82) is 0 Å². The first-order valence-electron chi connectivity index (χ1n) is 4.67. The van der Waals surface area contributed by atoms with Gasteiger partial charge in [-0.3, -0.25) is 0 Å². The molecule has 0 aromatic heterocycles. The molecule has 0 bridgehead atoms. The minimum absolute atomic E-state index is 0.0211. The standard InChI is InChI=1S/C10H10ClF4NO/c11-7-3-5(12)1-2-6(7)8(17)4-9(16)10(13,14)15/h1-3,8-9,17H,4,16H2/t8-,9-/m0/s1. The van der Waals surface area contributed by atoms with Gasteiger partial charge in [-0.1, -0.05) is 17.7 Å². The molecule has 1 aromatic rings. The molecule has 2 atom stereocenters. The quantitative estimate of drug-likeness (QED) is 0.831. The average Bonchev–Trinajstić information content (AvgIpc) is 2.15. The van der Waals surface area contributed by atoms with Gasteiger partial charge >= 0.3 is 6.18 Å². The van der Waals surface area contributed by atoms with Crippen molar-refractivity contribution in [3.05, 3.63) is 34.6 Å². The van der Waals surface area contributed by atoms with Crippen LogP contribution in [0.1, 0.15) is 18.1 Å². The topological polar surface area (TPSA) is 46.2 Å². The highest BCUT2D eigenvalue weighted by atomic mass is 35.5. The number of rotatable bonds is 3. The van der Waals surface area contributed by atoms with Crippen LogP contribution in [0.15, 0.2) is 18.2 Å². The number of hydrogen-bond donors (Lipinski definition) is 2. The normalized spacial score (nSPS) is 15.7. The summed E-state index contributed by atoms with van der Waals surface area (Å²) in [7, 11) is 0. The molecule has 0 radical (unpaired) electrons. The maximum absolute atomic E-state index is 12.7. The summed E-state index contributed by atoms with van der Waals surface area (Å²) in [5.74, 6) is -0.633. The lowest BCUT2D eigenvalue weighted by Crippen LogP contribution is -2.38. The van der Waals surface area contributed by atoms with Crippen LogP contribution in [0.2, 0.25) is 5.02 Å². The van der Waals surface area contributed by atoms with Gasteiger partial charge in [-0.05, 0) is 17.7 Å². The summed E-state index contributed by atoms with van der Waals surface area (Å²) in [5, 5.41) is 9.41. The molecule has 0 amide bonds. The van der Waals surface area contributed by atoms with Crippen molar-refractivity contribution in [2.45, 2.75) is 24.7 Å². The first-order valence-corrected chi connectivity index (χ1v) is 5.05. The van der Waals surface area contributed by atoms with Crippen molar-refractivity contribution in [2.24, 2.45) is 5.73 Å². The van der Waals surface area contributed by atoms with Crippen LogP contribution in [0.5, 0.6) is 0 Å². The summed E-state index contributed by atoms with van der Waals surface area (Å²) in [6.45, 7) is 0. The van der Waals surface area contributed by atoms with Crippen LogP contribution in [-0.2, 0) is 0 Å². The Morgan fingerprint density at radius 3 is 2.41 bits per heavy atom. The Bertz CT molecular complexity index is 396. The van der Waals surface area contributed by atoms with Crippen LogP contribution in [0, 0.1) is 5.82 Å². The molecule has 0 aliphatic rings. The molecule has 1 rings (SSSR count). The zero-order valence-corrected chi connectivity index (χ0v) is 9.26. The van der Waals surface area contributed by atoms with Crippen molar-refractivity contribution >= 4 is 11.6 Å². The number of halogens is 5. The number of alkyl halides is 3. The van der Waals surface area contributed by atoms with E-state index in [4.69, 9.17) is 17.3 Å². The van der Waals surface area contributed by atoms with Gasteiger partial charge in [0.05, 0.1) is 6.10 Å². The van der Waals surface area contributed by atoms with Crippen LogP contribution in [-0.4, -0.2) is 17.3 Å². The fourth-order valence-electron chi connectivity index (χ4n) is 1.27. The van der Waals surface area contributed by atoms with Crippen molar-refractivity contribution in [3.8, 4) is 0 Å². The maximum Gasteiger partial charge on any atom is 0.403 e. The molecule has 17 heavy (non-hydrogen) atoms. The Kier molecular flexibility index (Phi) is 4.35. The van der Waals surface area contributed by atoms with Crippen molar-refractivity contribution in [2.75, 3.05) is 0 Å². The Balaban J connectivity index is 2.80. The molecule has 0 unspecified atom stereocenters. The zero-order valence-electron chi connectivity index (χ0n) is 8.51. The van der Waals surface area contributed by atoms with E-state index in [0.717, 1.165) is 18.2 Å². The SMILES string of the molecule is N[C@@H](C[C@H](O)c1ccc(F)cc1Cl)C(F)(F)F. The maximum atomic E-state index is 12.7. The molecular weight excluding hydrogens is 262 g/mol. The van der Waals surface area contributed by atoms with Crippen molar-refractivity contribution in [3.63, 3.8) is 0 Å². The fourth-order valence-corrected chi connectivity index (χ4v) is 1.57. The number of hydrogen-bond acceptors (Lipinski definition) is 2. The van der Waals surface area contributed by atoms with Gasteiger partial charge in [0, 0.05) is 11.4 Å². The average molecular weight is 272 g/mol. The smallest absolute Gasteiger partial charge is 0.388 e. The Morgan fingerprint density at radius 1 is 1.35 bits per heavy atom. The molecule has 0 saturated heterocycles. The van der Waals surface area contributed by atoms with Gasteiger partial charge in [0.25, 0.3) is 0 Å². The minimum Gasteiger partial charge on any atom is -0.388 e. The third-order valence-electron chi connectivity index (χ3n) is 2.22. The second-order valence-corrected chi connectivity index (χ2v) is 3.97.